The minimum atomic E-state index is -0.416. The van der Waals surface area contributed by atoms with Crippen molar-refractivity contribution >= 4 is 17.5 Å². The van der Waals surface area contributed by atoms with E-state index in [9.17, 15) is 4.79 Å². The molecule has 0 saturated heterocycles. The van der Waals surface area contributed by atoms with Crippen LogP contribution in [0, 0.1) is 0 Å². The number of rotatable bonds is 5. The molecular formula is C13H21N3O2. The Bertz CT molecular complexity index is 421. The van der Waals surface area contributed by atoms with Crippen LogP contribution in [0.1, 0.15) is 37.0 Å². The Morgan fingerprint density at radius 3 is 2.83 bits per heavy atom. The Balaban J connectivity index is 3.11. The summed E-state index contributed by atoms with van der Waals surface area (Å²) in [6.07, 6.45) is 3.66. The molecule has 1 aromatic rings. The molecule has 0 aliphatic carbocycles. The van der Waals surface area contributed by atoms with Crippen LogP contribution in [0.4, 0.5) is 11.5 Å². The highest BCUT2D eigenvalue weighted by Gasteiger charge is 2.19. The first-order chi connectivity index (χ1) is 8.51. The van der Waals surface area contributed by atoms with Gasteiger partial charge in [-0.2, -0.15) is 0 Å². The number of nitrogens with zero attached hydrogens (tertiary/aromatic N) is 2. The Hall–Kier alpha value is -1.78. The van der Waals surface area contributed by atoms with Crippen molar-refractivity contribution in [3.8, 4) is 0 Å². The summed E-state index contributed by atoms with van der Waals surface area (Å²) in [5, 5.41) is 0. The second-order valence-corrected chi connectivity index (χ2v) is 4.38. The van der Waals surface area contributed by atoms with E-state index in [0.29, 0.717) is 23.1 Å². The molecule has 0 amide bonds. The maximum Gasteiger partial charge on any atom is 0.341 e. The molecule has 0 fully saturated rings. The fourth-order valence-electron chi connectivity index (χ4n) is 1.84. The van der Waals surface area contributed by atoms with Crippen LogP contribution >= 0.6 is 0 Å². The molecule has 5 nitrogen and oxygen atoms in total. The Morgan fingerprint density at radius 1 is 1.61 bits per heavy atom. The topological polar surface area (TPSA) is 68.5 Å². The molecule has 1 atom stereocenters. The van der Waals surface area contributed by atoms with E-state index in [4.69, 9.17) is 10.5 Å². The fourth-order valence-corrected chi connectivity index (χ4v) is 1.84. The number of anilines is 2. The molecule has 0 aliphatic rings. The van der Waals surface area contributed by atoms with E-state index in [-0.39, 0.29) is 0 Å². The number of hydrogen-bond donors (Lipinski definition) is 1. The lowest BCUT2D eigenvalue weighted by Crippen LogP contribution is -2.31. The molecule has 18 heavy (non-hydrogen) atoms. The minimum Gasteiger partial charge on any atom is -0.465 e. The molecule has 1 rings (SSSR count). The van der Waals surface area contributed by atoms with Crippen molar-refractivity contribution in [2.24, 2.45) is 0 Å². The fraction of sp³-hybridized carbons (Fsp3) is 0.538. The third-order valence-corrected chi connectivity index (χ3v) is 2.99. The highest BCUT2D eigenvalue weighted by Crippen LogP contribution is 2.22. The van der Waals surface area contributed by atoms with Gasteiger partial charge in [0.1, 0.15) is 11.4 Å². The van der Waals surface area contributed by atoms with Crippen LogP contribution in [-0.2, 0) is 4.74 Å². The SMILES string of the molecule is CCCC(C)N(C)c1ncc(N)cc1C(=O)OC. The van der Waals surface area contributed by atoms with Gasteiger partial charge in [0, 0.05) is 13.1 Å². The number of carbonyl (C=O) groups excluding carboxylic acids is 1. The van der Waals surface area contributed by atoms with E-state index < -0.39 is 5.97 Å². The second kappa shape index (κ2) is 6.23. The predicted molar refractivity (Wildman–Crippen MR) is 72.8 cm³/mol. The van der Waals surface area contributed by atoms with Crippen LogP contribution in [0.2, 0.25) is 0 Å². The second-order valence-electron chi connectivity index (χ2n) is 4.38. The summed E-state index contributed by atoms with van der Waals surface area (Å²) in [6.45, 7) is 4.23. The van der Waals surface area contributed by atoms with Gasteiger partial charge in [0.05, 0.1) is 19.0 Å². The lowest BCUT2D eigenvalue weighted by atomic mass is 10.1. The molecule has 0 aliphatic heterocycles. The van der Waals surface area contributed by atoms with Gasteiger partial charge in [0.15, 0.2) is 0 Å². The first-order valence-electron chi connectivity index (χ1n) is 6.07. The zero-order valence-corrected chi connectivity index (χ0v) is 11.4. The average molecular weight is 251 g/mol. The van der Waals surface area contributed by atoms with E-state index in [1.54, 1.807) is 12.3 Å². The van der Waals surface area contributed by atoms with Gasteiger partial charge in [-0.05, 0) is 19.4 Å². The summed E-state index contributed by atoms with van der Waals surface area (Å²) >= 11 is 0. The maximum absolute atomic E-state index is 11.7. The van der Waals surface area contributed by atoms with Crippen LogP contribution in [0.25, 0.3) is 0 Å². The van der Waals surface area contributed by atoms with Crippen molar-refractivity contribution in [3.63, 3.8) is 0 Å². The normalized spacial score (nSPS) is 12.0. The van der Waals surface area contributed by atoms with Crippen LogP contribution in [0.3, 0.4) is 0 Å². The van der Waals surface area contributed by atoms with Crippen LogP contribution in [0.5, 0.6) is 0 Å². The first-order valence-corrected chi connectivity index (χ1v) is 6.07. The van der Waals surface area contributed by atoms with E-state index in [0.717, 1.165) is 12.8 Å². The summed E-state index contributed by atoms with van der Waals surface area (Å²) in [4.78, 5) is 18.0. The molecule has 2 N–H and O–H groups in total. The van der Waals surface area contributed by atoms with E-state index >= 15 is 0 Å². The summed E-state index contributed by atoms with van der Waals surface area (Å²) in [5.74, 6) is 0.192. The van der Waals surface area contributed by atoms with Crippen molar-refractivity contribution in [3.05, 3.63) is 17.8 Å². The third-order valence-electron chi connectivity index (χ3n) is 2.99. The Morgan fingerprint density at radius 2 is 2.28 bits per heavy atom. The third kappa shape index (κ3) is 3.12. The highest BCUT2D eigenvalue weighted by atomic mass is 16.5. The number of aromatic nitrogens is 1. The van der Waals surface area contributed by atoms with Crippen LogP contribution in [-0.4, -0.2) is 31.2 Å². The molecule has 0 radical (unpaired) electrons. The molecule has 5 heteroatoms. The molecule has 1 unspecified atom stereocenters. The Kier molecular flexibility index (Phi) is 4.95. The molecule has 1 aromatic heterocycles. The van der Waals surface area contributed by atoms with E-state index in [1.807, 2.05) is 11.9 Å². The van der Waals surface area contributed by atoms with Gasteiger partial charge in [0.25, 0.3) is 0 Å². The molecule has 0 aromatic carbocycles. The van der Waals surface area contributed by atoms with Crippen molar-refractivity contribution in [1.82, 2.24) is 4.98 Å². The predicted octanol–water partition coefficient (Wildman–Crippen LogP) is 2.08. The number of ether oxygens (including phenoxy) is 1. The van der Waals surface area contributed by atoms with Gasteiger partial charge in [-0.3, -0.25) is 0 Å². The first kappa shape index (κ1) is 14.3. The number of carbonyl (C=O) groups is 1. The van der Waals surface area contributed by atoms with Crippen molar-refractivity contribution < 1.29 is 9.53 Å². The summed E-state index contributed by atoms with van der Waals surface area (Å²) < 4.78 is 4.76. The van der Waals surface area contributed by atoms with Crippen molar-refractivity contribution in [2.45, 2.75) is 32.7 Å². The quantitative estimate of drug-likeness (QED) is 0.811. The Labute approximate surface area is 108 Å². The number of nitrogens with two attached hydrogens (primary N) is 1. The zero-order valence-electron chi connectivity index (χ0n) is 11.4. The van der Waals surface area contributed by atoms with Gasteiger partial charge < -0.3 is 15.4 Å². The van der Waals surface area contributed by atoms with Crippen molar-refractivity contribution in [1.29, 1.82) is 0 Å². The average Bonchev–Trinajstić information content (AvgIpc) is 2.37. The highest BCUT2D eigenvalue weighted by molar-refractivity contribution is 5.95. The van der Waals surface area contributed by atoms with E-state index in [1.165, 1.54) is 7.11 Å². The van der Waals surface area contributed by atoms with E-state index in [2.05, 4.69) is 18.8 Å². The van der Waals surface area contributed by atoms with Gasteiger partial charge in [0.2, 0.25) is 0 Å². The summed E-state index contributed by atoms with van der Waals surface area (Å²) in [7, 11) is 3.27. The number of nitrogen functional groups attached to an aromatic ring is 1. The smallest absolute Gasteiger partial charge is 0.341 e. The molecule has 100 valence electrons. The van der Waals surface area contributed by atoms with Crippen LogP contribution < -0.4 is 10.6 Å². The van der Waals surface area contributed by atoms with Gasteiger partial charge in [-0.25, -0.2) is 9.78 Å². The lowest BCUT2D eigenvalue weighted by Gasteiger charge is -2.27. The number of esters is 1. The van der Waals surface area contributed by atoms with Crippen LogP contribution in [0.15, 0.2) is 12.3 Å². The maximum atomic E-state index is 11.7. The zero-order chi connectivity index (χ0) is 13.7. The molecule has 0 bridgehead atoms. The van der Waals surface area contributed by atoms with Gasteiger partial charge >= 0.3 is 5.97 Å². The largest absolute Gasteiger partial charge is 0.465 e. The van der Waals surface area contributed by atoms with Crippen molar-refractivity contribution in [2.75, 3.05) is 24.8 Å². The van der Waals surface area contributed by atoms with Gasteiger partial charge in [-0.15, -0.1) is 0 Å². The number of methoxy groups -OCH3 is 1. The molecule has 0 spiro atoms. The number of hydrogen-bond acceptors (Lipinski definition) is 5. The monoisotopic (exact) mass is 251 g/mol. The lowest BCUT2D eigenvalue weighted by molar-refractivity contribution is 0.0601. The minimum absolute atomic E-state index is 0.300. The number of pyridine rings is 1. The summed E-state index contributed by atoms with van der Waals surface area (Å²) in [6, 6.07) is 1.90. The summed E-state index contributed by atoms with van der Waals surface area (Å²) in [5.41, 5.74) is 6.53. The molecular weight excluding hydrogens is 230 g/mol. The molecule has 1 heterocycles. The standard InChI is InChI=1S/C13H21N3O2/c1-5-6-9(2)16(3)12-11(13(17)18-4)7-10(14)8-15-12/h7-9H,5-6,14H2,1-4H3. The van der Waals surface area contributed by atoms with Gasteiger partial charge in [-0.1, -0.05) is 13.3 Å². The molecule has 0 saturated carbocycles.